The van der Waals surface area contributed by atoms with Gasteiger partial charge in [0, 0.05) is 26.2 Å². The first-order chi connectivity index (χ1) is 26.0. The summed E-state index contributed by atoms with van der Waals surface area (Å²) in [6, 6.07) is 30.8. The van der Waals surface area contributed by atoms with Gasteiger partial charge in [-0.2, -0.15) is 0 Å². The molecule has 0 aliphatic carbocycles. The molecule has 1 unspecified atom stereocenters. The number of hydrogen-bond acceptors (Lipinski definition) is 10. The standard InChI is InChI=1S/C39H44ClN6O7P/c1-38(2,3)37(48)51-28-43-26-42-35-34(36(43)47)41-27-46(35)33-24-44(23-32(53-33)25-52-54(40,49)45-19-21-50-22-20-45)39(29-13-7-4-8-14-29,30-15-9-5-10-16-30)31-17-11-6-12-18-31/h4-18,26-27,32-33H,19-25,28H2,1-3H3/t32-,33+,54?/m0/s1. The molecule has 2 saturated heterocycles. The van der Waals surface area contributed by atoms with Crippen molar-refractivity contribution in [1.82, 2.24) is 28.7 Å². The van der Waals surface area contributed by atoms with E-state index in [-0.39, 0.29) is 18.9 Å². The Morgan fingerprint density at radius 2 is 1.44 bits per heavy atom. The summed E-state index contributed by atoms with van der Waals surface area (Å²) in [5.74, 6) is -0.446. The number of halogens is 1. The maximum atomic E-state index is 13.7. The number of nitrogens with zero attached hydrogens (tertiary/aromatic N) is 6. The first kappa shape index (κ1) is 38.1. The molecule has 0 radical (unpaired) electrons. The van der Waals surface area contributed by atoms with Crippen molar-refractivity contribution in [3.63, 3.8) is 0 Å². The minimum absolute atomic E-state index is 0.0778. The molecule has 54 heavy (non-hydrogen) atoms. The van der Waals surface area contributed by atoms with Crippen LogP contribution < -0.4 is 5.56 Å². The van der Waals surface area contributed by atoms with E-state index < -0.39 is 41.7 Å². The number of morpholine rings is 2. The Morgan fingerprint density at radius 3 is 2.00 bits per heavy atom. The van der Waals surface area contributed by atoms with Crippen LogP contribution in [0.3, 0.4) is 0 Å². The van der Waals surface area contributed by atoms with E-state index in [0.717, 1.165) is 16.7 Å². The normalized spacial score (nSPS) is 20.1. The second-order valence-electron chi connectivity index (χ2n) is 14.4. The molecule has 0 spiro atoms. The number of fused-ring (bicyclic) bond motifs is 1. The van der Waals surface area contributed by atoms with E-state index in [4.69, 9.17) is 30.0 Å². The van der Waals surface area contributed by atoms with Gasteiger partial charge in [-0.05, 0) is 48.7 Å². The van der Waals surface area contributed by atoms with Gasteiger partial charge in [0.1, 0.15) is 12.6 Å². The Hall–Kier alpha value is -4.20. The van der Waals surface area contributed by atoms with Crippen molar-refractivity contribution in [2.24, 2.45) is 5.41 Å². The first-order valence-corrected chi connectivity index (χ1v) is 20.4. The van der Waals surface area contributed by atoms with Gasteiger partial charge in [0.15, 0.2) is 17.9 Å². The average molecular weight is 775 g/mol. The van der Waals surface area contributed by atoms with Crippen molar-refractivity contribution in [1.29, 1.82) is 0 Å². The number of esters is 1. The maximum absolute atomic E-state index is 13.7. The molecular formula is C39H44ClN6O7P. The highest BCUT2D eigenvalue weighted by atomic mass is 35.7. The van der Waals surface area contributed by atoms with Crippen LogP contribution in [0, 0.1) is 5.41 Å². The van der Waals surface area contributed by atoms with Crippen molar-refractivity contribution in [3.8, 4) is 0 Å². The zero-order chi connectivity index (χ0) is 37.9. The number of hydrogen-bond donors (Lipinski definition) is 0. The number of ether oxygens (including phenoxy) is 3. The smallest absolute Gasteiger partial charge is 0.363 e. The van der Waals surface area contributed by atoms with Gasteiger partial charge in [-0.1, -0.05) is 91.0 Å². The van der Waals surface area contributed by atoms with E-state index in [2.05, 4.69) is 51.3 Å². The number of imidazole rings is 1. The largest absolute Gasteiger partial charge is 0.443 e. The molecule has 2 fully saturated rings. The predicted molar refractivity (Wildman–Crippen MR) is 204 cm³/mol. The van der Waals surface area contributed by atoms with E-state index in [0.29, 0.717) is 45.0 Å². The molecule has 4 heterocycles. The Balaban J connectivity index is 1.31. The van der Waals surface area contributed by atoms with Crippen LogP contribution in [0.15, 0.2) is 108 Å². The van der Waals surface area contributed by atoms with Crippen molar-refractivity contribution < 1.29 is 28.1 Å². The van der Waals surface area contributed by atoms with Crippen LogP contribution in [0.25, 0.3) is 11.2 Å². The first-order valence-electron chi connectivity index (χ1n) is 17.9. The molecule has 7 rings (SSSR count). The third-order valence-corrected chi connectivity index (χ3v) is 12.2. The third-order valence-electron chi connectivity index (χ3n) is 9.75. The summed E-state index contributed by atoms with van der Waals surface area (Å²) < 4.78 is 41.9. The van der Waals surface area contributed by atoms with Crippen molar-refractivity contribution >= 4 is 35.2 Å². The van der Waals surface area contributed by atoms with Gasteiger partial charge in [0.25, 0.3) is 5.56 Å². The Kier molecular flexibility index (Phi) is 11.2. The van der Waals surface area contributed by atoms with Crippen molar-refractivity contribution in [3.05, 3.63) is 131 Å². The highest BCUT2D eigenvalue weighted by Crippen LogP contribution is 2.56. The van der Waals surface area contributed by atoms with Gasteiger partial charge in [0.2, 0.25) is 0 Å². The van der Waals surface area contributed by atoms with Gasteiger partial charge in [-0.25, -0.2) is 14.6 Å². The molecule has 0 saturated carbocycles. The summed E-state index contributed by atoms with van der Waals surface area (Å²) in [5.41, 5.74) is 1.45. The third kappa shape index (κ3) is 7.67. The van der Waals surface area contributed by atoms with Crippen LogP contribution in [0.5, 0.6) is 0 Å². The minimum Gasteiger partial charge on any atom is -0.443 e. The molecule has 15 heteroatoms. The highest BCUT2D eigenvalue weighted by molar-refractivity contribution is 7.83. The number of carbonyl (C=O) groups excluding carboxylic acids is 1. The molecule has 2 aromatic heterocycles. The van der Waals surface area contributed by atoms with Gasteiger partial charge >= 0.3 is 12.8 Å². The molecule has 3 aromatic carbocycles. The summed E-state index contributed by atoms with van der Waals surface area (Å²) >= 11 is 6.61. The van der Waals surface area contributed by atoms with Crippen LogP contribution in [0.2, 0.25) is 0 Å². The number of carbonyl (C=O) groups is 1. The lowest BCUT2D eigenvalue weighted by atomic mass is 9.75. The number of benzene rings is 3. The van der Waals surface area contributed by atoms with Crippen LogP contribution in [-0.2, 0) is 40.4 Å². The van der Waals surface area contributed by atoms with Crippen LogP contribution in [-0.4, -0.2) is 86.7 Å². The van der Waals surface area contributed by atoms with E-state index in [1.165, 1.54) is 17.2 Å². The van der Waals surface area contributed by atoms with Gasteiger partial charge < -0.3 is 18.7 Å². The summed E-state index contributed by atoms with van der Waals surface area (Å²) in [7, 11) is 0. The van der Waals surface area contributed by atoms with Gasteiger partial charge in [0.05, 0.1) is 43.2 Å². The van der Waals surface area contributed by atoms with Crippen LogP contribution >= 0.6 is 18.1 Å². The van der Waals surface area contributed by atoms with E-state index in [1.807, 2.05) is 54.6 Å². The summed E-state index contributed by atoms with van der Waals surface area (Å²) in [5, 5.41) is 0. The Bertz CT molecular complexity index is 2060. The fourth-order valence-electron chi connectivity index (χ4n) is 7.07. The van der Waals surface area contributed by atoms with Gasteiger partial charge in [-0.3, -0.25) is 28.2 Å². The SMILES string of the molecule is CC(C)(C)C(=O)OCn1cnc2c(ncn2[C@H]2CN(C(c3ccccc3)(c3ccccc3)c3ccccc3)C[C@@H](COP(=O)(Cl)N3CCOCC3)O2)c1=O. The molecule has 0 N–H and O–H groups in total. The maximum Gasteiger partial charge on any atom is 0.363 e. The van der Waals surface area contributed by atoms with Gasteiger partial charge in [-0.15, -0.1) is 0 Å². The fraction of sp³-hybridized carbons (Fsp3) is 0.385. The zero-order valence-corrected chi connectivity index (χ0v) is 32.1. The lowest BCUT2D eigenvalue weighted by Crippen LogP contribution is -2.57. The van der Waals surface area contributed by atoms with Crippen molar-refractivity contribution in [2.75, 3.05) is 46.0 Å². The molecule has 3 atom stereocenters. The van der Waals surface area contributed by atoms with Crippen LogP contribution in [0.4, 0.5) is 0 Å². The average Bonchev–Trinajstić information content (AvgIpc) is 3.64. The molecule has 284 valence electrons. The quantitative estimate of drug-likeness (QED) is 0.0887. The number of rotatable bonds is 11. The minimum atomic E-state index is -3.71. The molecule has 0 amide bonds. The summed E-state index contributed by atoms with van der Waals surface area (Å²) in [4.78, 5) is 37.5. The topological polar surface area (TPSA) is 130 Å². The summed E-state index contributed by atoms with van der Waals surface area (Å²) in [6.45, 7) is 3.42. The van der Waals surface area contributed by atoms with E-state index in [1.54, 1.807) is 30.0 Å². The second-order valence-corrected chi connectivity index (χ2v) is 17.4. The summed E-state index contributed by atoms with van der Waals surface area (Å²) in [6.07, 6.45) is 1.51. The molecule has 5 aromatic rings. The van der Waals surface area contributed by atoms with Crippen molar-refractivity contribution in [2.45, 2.75) is 45.4 Å². The Labute approximate surface area is 318 Å². The predicted octanol–water partition coefficient (Wildman–Crippen LogP) is 6.03. The molecule has 2 aliphatic heterocycles. The molecule has 2 aliphatic rings. The highest BCUT2D eigenvalue weighted by Gasteiger charge is 2.47. The zero-order valence-electron chi connectivity index (χ0n) is 30.5. The van der Waals surface area contributed by atoms with E-state index in [9.17, 15) is 14.2 Å². The Morgan fingerprint density at radius 1 is 0.870 bits per heavy atom. The second kappa shape index (κ2) is 15.9. The monoisotopic (exact) mass is 774 g/mol. The van der Waals surface area contributed by atoms with Crippen LogP contribution in [0.1, 0.15) is 43.7 Å². The molecule has 0 bridgehead atoms. The fourth-order valence-corrected chi connectivity index (χ4v) is 8.84. The molecule has 13 nitrogen and oxygen atoms in total. The molecular weight excluding hydrogens is 731 g/mol. The number of aromatic nitrogens is 4. The lowest BCUT2D eigenvalue weighted by molar-refractivity contribution is -0.157. The van der Waals surface area contributed by atoms with E-state index >= 15 is 0 Å². The lowest BCUT2D eigenvalue weighted by Gasteiger charge is -2.50.